The molecule has 2 aromatic carbocycles. The number of nitrogens with one attached hydrogen (secondary N) is 1. The number of sulfonamides is 1. The molecule has 6 nitrogen and oxygen atoms in total. The van der Waals surface area contributed by atoms with Crippen molar-refractivity contribution >= 4 is 21.6 Å². The summed E-state index contributed by atoms with van der Waals surface area (Å²) in [5.41, 5.74) is 1.57. The number of ether oxygens (including phenoxy) is 1. The smallest absolute Gasteiger partial charge is 0.265 e. The van der Waals surface area contributed by atoms with Gasteiger partial charge in [0.05, 0.1) is 4.90 Å². The van der Waals surface area contributed by atoms with E-state index in [-0.39, 0.29) is 23.9 Å². The summed E-state index contributed by atoms with van der Waals surface area (Å²) in [4.78, 5) is 13.0. The van der Waals surface area contributed by atoms with Gasteiger partial charge >= 0.3 is 0 Å². The third kappa shape index (κ3) is 6.79. The van der Waals surface area contributed by atoms with Gasteiger partial charge in [-0.15, -0.1) is 13.2 Å². The number of nitrogens with zero attached hydrogens (tertiary/aromatic N) is 1. The molecule has 0 aromatic heterocycles. The molecule has 0 bridgehead atoms. The molecule has 178 valence electrons. The lowest BCUT2D eigenvalue weighted by Gasteiger charge is -2.21. The Morgan fingerprint density at radius 3 is 2.18 bits per heavy atom. The van der Waals surface area contributed by atoms with E-state index < -0.39 is 16.1 Å². The maximum atomic E-state index is 12.9. The average Bonchev–Trinajstić information content (AvgIpc) is 2.82. The number of amides is 1. The van der Waals surface area contributed by atoms with Crippen molar-refractivity contribution in [3.63, 3.8) is 0 Å². The lowest BCUT2D eigenvalue weighted by molar-refractivity contribution is -0.122. The van der Waals surface area contributed by atoms with Gasteiger partial charge in [0.1, 0.15) is 5.75 Å². The van der Waals surface area contributed by atoms with Crippen LogP contribution in [0.4, 0.5) is 5.69 Å². The van der Waals surface area contributed by atoms with Crippen LogP contribution in [0.3, 0.4) is 0 Å². The summed E-state index contributed by atoms with van der Waals surface area (Å²) in [6.45, 7) is 13.7. The van der Waals surface area contributed by atoms with Crippen LogP contribution in [0.1, 0.15) is 45.1 Å². The molecule has 2 atom stereocenters. The fraction of sp³-hybridized carbons (Fsp3) is 0.346. The number of benzene rings is 2. The molecule has 0 heterocycles. The molecule has 2 rings (SSSR count). The van der Waals surface area contributed by atoms with E-state index in [1.807, 2.05) is 31.2 Å². The van der Waals surface area contributed by atoms with Crippen molar-refractivity contribution in [2.45, 2.75) is 50.5 Å². The first-order valence-electron chi connectivity index (χ1n) is 11.2. The summed E-state index contributed by atoms with van der Waals surface area (Å²) < 4.78 is 33.0. The van der Waals surface area contributed by atoms with Gasteiger partial charge in [0.15, 0.2) is 6.10 Å². The van der Waals surface area contributed by atoms with Gasteiger partial charge in [-0.25, -0.2) is 8.42 Å². The van der Waals surface area contributed by atoms with Crippen LogP contribution in [-0.4, -0.2) is 37.8 Å². The Labute approximate surface area is 198 Å². The Morgan fingerprint density at radius 1 is 1.03 bits per heavy atom. The van der Waals surface area contributed by atoms with Crippen molar-refractivity contribution in [3.05, 3.63) is 79.4 Å². The summed E-state index contributed by atoms with van der Waals surface area (Å²) >= 11 is 0. The molecule has 0 saturated heterocycles. The highest BCUT2D eigenvalue weighted by Crippen LogP contribution is 2.29. The Balaban J connectivity index is 2.15. The molecule has 1 amide bonds. The van der Waals surface area contributed by atoms with Crippen molar-refractivity contribution < 1.29 is 17.9 Å². The van der Waals surface area contributed by atoms with Gasteiger partial charge in [-0.05, 0) is 54.7 Å². The Kier molecular flexibility index (Phi) is 9.88. The van der Waals surface area contributed by atoms with E-state index in [9.17, 15) is 13.2 Å². The molecule has 33 heavy (non-hydrogen) atoms. The van der Waals surface area contributed by atoms with Crippen molar-refractivity contribution in [2.24, 2.45) is 0 Å². The summed E-state index contributed by atoms with van der Waals surface area (Å²) in [6, 6.07) is 13.9. The minimum absolute atomic E-state index is 0.134. The normalized spacial score (nSPS) is 13.2. The topological polar surface area (TPSA) is 75.7 Å². The molecule has 0 spiro atoms. The molecule has 1 N–H and O–H groups in total. The molecule has 2 unspecified atom stereocenters. The van der Waals surface area contributed by atoms with E-state index in [1.54, 1.807) is 12.1 Å². The highest BCUT2D eigenvalue weighted by Gasteiger charge is 2.24. The quantitative estimate of drug-likeness (QED) is 0.400. The van der Waals surface area contributed by atoms with Crippen LogP contribution in [0.15, 0.2) is 78.7 Å². The second-order valence-corrected chi connectivity index (χ2v) is 9.71. The standard InChI is InChI=1S/C26H34N2O4S/c1-6-18-28(19-7-2)33(30,31)22-16-14-21(15-17-22)27-26(29)24(9-4)32-25-13-11-10-12-23(25)20(5)8-3/h6-7,10-17,20,24H,1-2,8-9,18-19H2,3-5H3,(H,27,29). The SMILES string of the molecule is C=CCN(CC=C)S(=O)(=O)c1ccc(NC(=O)C(CC)Oc2ccccc2C(C)CC)cc1. The van der Waals surface area contributed by atoms with Crippen LogP contribution in [0.5, 0.6) is 5.75 Å². The van der Waals surface area contributed by atoms with Crippen molar-refractivity contribution in [3.8, 4) is 5.75 Å². The van der Waals surface area contributed by atoms with Gasteiger partial charge in [-0.2, -0.15) is 4.31 Å². The van der Waals surface area contributed by atoms with Gasteiger partial charge in [0.25, 0.3) is 5.91 Å². The second-order valence-electron chi connectivity index (χ2n) is 7.77. The highest BCUT2D eigenvalue weighted by atomic mass is 32.2. The maximum Gasteiger partial charge on any atom is 0.265 e. The minimum atomic E-state index is -3.69. The number of carbonyl (C=O) groups excluding carboxylic acids is 1. The molecule has 2 aromatic rings. The first-order chi connectivity index (χ1) is 15.8. The molecule has 0 radical (unpaired) electrons. The predicted molar refractivity (Wildman–Crippen MR) is 134 cm³/mol. The van der Waals surface area contributed by atoms with Crippen LogP contribution in [0.25, 0.3) is 0 Å². The molecular formula is C26H34N2O4S. The molecule has 0 aliphatic rings. The van der Waals surface area contributed by atoms with Crippen molar-refractivity contribution in [2.75, 3.05) is 18.4 Å². The van der Waals surface area contributed by atoms with E-state index in [4.69, 9.17) is 4.74 Å². The fourth-order valence-electron chi connectivity index (χ4n) is 3.33. The van der Waals surface area contributed by atoms with Gasteiger partial charge in [0, 0.05) is 18.8 Å². The number of para-hydroxylation sites is 1. The van der Waals surface area contributed by atoms with E-state index >= 15 is 0 Å². The zero-order valence-corrected chi connectivity index (χ0v) is 20.5. The van der Waals surface area contributed by atoms with Crippen LogP contribution in [0.2, 0.25) is 0 Å². The largest absolute Gasteiger partial charge is 0.480 e. The van der Waals surface area contributed by atoms with E-state index in [0.717, 1.165) is 12.0 Å². The first kappa shape index (κ1) is 26.4. The first-order valence-corrected chi connectivity index (χ1v) is 12.6. The summed E-state index contributed by atoms with van der Waals surface area (Å²) in [5.74, 6) is 0.741. The Morgan fingerprint density at radius 2 is 1.64 bits per heavy atom. The van der Waals surface area contributed by atoms with Gasteiger partial charge < -0.3 is 10.1 Å². The molecular weight excluding hydrogens is 436 g/mol. The maximum absolute atomic E-state index is 12.9. The molecule has 0 aliphatic heterocycles. The van der Waals surface area contributed by atoms with Crippen molar-refractivity contribution in [1.29, 1.82) is 0 Å². The Bertz CT molecular complexity index is 1040. The van der Waals surface area contributed by atoms with Gasteiger partial charge in [0.2, 0.25) is 10.0 Å². The van der Waals surface area contributed by atoms with Crippen LogP contribution in [-0.2, 0) is 14.8 Å². The Hall–Kier alpha value is -2.90. The molecule has 7 heteroatoms. The van der Waals surface area contributed by atoms with E-state index in [2.05, 4.69) is 32.3 Å². The summed E-state index contributed by atoms with van der Waals surface area (Å²) in [7, 11) is -3.69. The number of anilines is 1. The zero-order chi connectivity index (χ0) is 24.4. The average molecular weight is 471 g/mol. The van der Waals surface area contributed by atoms with Crippen LogP contribution >= 0.6 is 0 Å². The lowest BCUT2D eigenvalue weighted by Crippen LogP contribution is -2.33. The van der Waals surface area contributed by atoms with E-state index in [0.29, 0.717) is 23.8 Å². The number of rotatable bonds is 13. The third-order valence-corrected chi connectivity index (χ3v) is 7.27. The number of carbonyl (C=O) groups is 1. The molecule has 0 saturated carbocycles. The van der Waals surface area contributed by atoms with E-state index in [1.165, 1.54) is 28.6 Å². The molecule has 0 fully saturated rings. The predicted octanol–water partition coefficient (Wildman–Crippen LogP) is 5.36. The second kappa shape index (κ2) is 12.4. The number of hydrogen-bond donors (Lipinski definition) is 1. The summed E-state index contributed by atoms with van der Waals surface area (Å²) in [5, 5.41) is 2.83. The van der Waals surface area contributed by atoms with Crippen LogP contribution in [0, 0.1) is 0 Å². The summed E-state index contributed by atoms with van der Waals surface area (Å²) in [6.07, 6.45) is 3.84. The highest BCUT2D eigenvalue weighted by molar-refractivity contribution is 7.89. The van der Waals surface area contributed by atoms with Crippen LogP contribution < -0.4 is 10.1 Å². The van der Waals surface area contributed by atoms with Gasteiger partial charge in [-0.3, -0.25) is 4.79 Å². The molecule has 0 aliphatic carbocycles. The lowest BCUT2D eigenvalue weighted by atomic mass is 9.98. The fourth-order valence-corrected chi connectivity index (χ4v) is 4.71. The van der Waals surface area contributed by atoms with Gasteiger partial charge in [-0.1, -0.05) is 51.1 Å². The monoisotopic (exact) mass is 470 g/mol. The van der Waals surface area contributed by atoms with Crippen molar-refractivity contribution in [1.82, 2.24) is 4.31 Å². The third-order valence-electron chi connectivity index (χ3n) is 5.42. The number of hydrogen-bond acceptors (Lipinski definition) is 4. The minimum Gasteiger partial charge on any atom is -0.480 e. The zero-order valence-electron chi connectivity index (χ0n) is 19.7.